The van der Waals surface area contributed by atoms with Gasteiger partial charge in [-0.2, -0.15) is 0 Å². The lowest BCUT2D eigenvalue weighted by atomic mass is 9.88. The highest BCUT2D eigenvalue weighted by Gasteiger charge is 2.42. The van der Waals surface area contributed by atoms with E-state index >= 15 is 0 Å². The maximum Gasteiger partial charge on any atom is 0.200 e. The van der Waals surface area contributed by atoms with Gasteiger partial charge in [-0.15, -0.1) is 0 Å². The van der Waals surface area contributed by atoms with E-state index in [9.17, 15) is 19.4 Å². The number of halogens is 1. The molecule has 0 spiro atoms. The van der Waals surface area contributed by atoms with E-state index in [0.717, 1.165) is 19.3 Å². The predicted octanol–water partition coefficient (Wildman–Crippen LogP) is 2.38. The summed E-state index contributed by atoms with van der Waals surface area (Å²) in [5, 5.41) is 21.0. The summed E-state index contributed by atoms with van der Waals surface area (Å²) in [6.07, 6.45) is 7.18. The SMILES string of the molecule is CN1[C@@H]2CC=C[C@@]1(O)CC2.O=C([O-])C(F)(c1ccccc1)c1ccccc1. The molecule has 4 rings (SSSR count). The topological polar surface area (TPSA) is 63.6 Å². The summed E-state index contributed by atoms with van der Waals surface area (Å²) in [5.41, 5.74) is -3.08. The molecule has 0 amide bonds. The van der Waals surface area contributed by atoms with E-state index in [1.807, 2.05) is 13.1 Å². The van der Waals surface area contributed by atoms with Gasteiger partial charge < -0.3 is 15.0 Å². The van der Waals surface area contributed by atoms with E-state index in [4.69, 9.17) is 0 Å². The average molecular weight is 368 g/mol. The van der Waals surface area contributed by atoms with Crippen molar-refractivity contribution in [2.45, 2.75) is 36.7 Å². The number of fused-ring (bicyclic) bond motifs is 2. The smallest absolute Gasteiger partial charge is 0.200 e. The fourth-order valence-electron chi connectivity index (χ4n) is 3.69. The molecule has 2 atom stereocenters. The summed E-state index contributed by atoms with van der Waals surface area (Å²) in [5.74, 6) is -1.75. The van der Waals surface area contributed by atoms with Crippen LogP contribution in [0.4, 0.5) is 4.39 Å². The Morgan fingerprint density at radius 1 is 1.15 bits per heavy atom. The van der Waals surface area contributed by atoms with Crippen LogP contribution in [-0.2, 0) is 10.5 Å². The predicted molar refractivity (Wildman–Crippen MR) is 99.3 cm³/mol. The number of aliphatic hydroxyl groups is 1. The first-order valence-electron chi connectivity index (χ1n) is 9.02. The Morgan fingerprint density at radius 3 is 2.07 bits per heavy atom. The molecule has 5 heteroatoms. The first-order chi connectivity index (χ1) is 12.9. The van der Waals surface area contributed by atoms with Crippen molar-refractivity contribution in [1.29, 1.82) is 0 Å². The van der Waals surface area contributed by atoms with Gasteiger partial charge in [0.1, 0.15) is 5.72 Å². The number of carboxylic acid groups (broad SMARTS) is 1. The van der Waals surface area contributed by atoms with Gasteiger partial charge in [0.15, 0.2) is 5.67 Å². The highest BCUT2D eigenvalue weighted by molar-refractivity contribution is 5.82. The van der Waals surface area contributed by atoms with Gasteiger partial charge in [-0.05, 0) is 43.5 Å². The van der Waals surface area contributed by atoms with Gasteiger partial charge in [0.2, 0.25) is 0 Å². The lowest BCUT2D eigenvalue weighted by molar-refractivity contribution is -0.318. The van der Waals surface area contributed by atoms with E-state index in [-0.39, 0.29) is 11.1 Å². The van der Waals surface area contributed by atoms with Crippen LogP contribution >= 0.6 is 0 Å². The van der Waals surface area contributed by atoms with Crippen molar-refractivity contribution in [3.05, 3.63) is 83.9 Å². The number of likely N-dealkylation sites (N-methyl/N-ethyl adjacent to an activating group) is 1. The van der Waals surface area contributed by atoms with Crippen LogP contribution in [0.5, 0.6) is 0 Å². The maximum atomic E-state index is 14.7. The zero-order chi connectivity index (χ0) is 19.5. The minimum absolute atomic E-state index is 0.0613. The second kappa shape index (κ2) is 7.62. The molecule has 0 unspecified atom stereocenters. The molecule has 2 aromatic carbocycles. The first kappa shape index (κ1) is 19.3. The van der Waals surface area contributed by atoms with Crippen LogP contribution in [0.1, 0.15) is 30.4 Å². The molecule has 1 fully saturated rings. The Morgan fingerprint density at radius 2 is 1.67 bits per heavy atom. The number of hydrogen-bond donors (Lipinski definition) is 1. The van der Waals surface area contributed by atoms with E-state index in [1.165, 1.54) is 24.3 Å². The minimum atomic E-state index is -2.61. The number of rotatable bonds is 3. The van der Waals surface area contributed by atoms with Gasteiger partial charge >= 0.3 is 0 Å². The van der Waals surface area contributed by atoms with Crippen molar-refractivity contribution < 1.29 is 19.4 Å². The Kier molecular flexibility index (Phi) is 5.44. The fourth-order valence-corrected chi connectivity index (χ4v) is 3.69. The first-order valence-corrected chi connectivity index (χ1v) is 9.02. The second-order valence-electron chi connectivity index (χ2n) is 7.00. The fraction of sp³-hybridized carbons (Fsp3) is 0.318. The standard InChI is InChI=1S/C14H11FO2.C8H13NO/c15-14(13(16)17,11-7-3-1-4-8-11)12-9-5-2-6-10-12;1-9-7-3-2-5-8(9,10)6-4-7/h1-10H,(H,16,17);2,5,7,10H,3-4,6H2,1H3/p-1/t;7-,8-/m.1/s1. The molecule has 1 saturated heterocycles. The molecule has 27 heavy (non-hydrogen) atoms. The van der Waals surface area contributed by atoms with Gasteiger partial charge in [-0.3, -0.25) is 4.90 Å². The molecule has 2 aliphatic heterocycles. The number of benzene rings is 2. The highest BCUT2D eigenvalue weighted by Crippen LogP contribution is 2.36. The van der Waals surface area contributed by atoms with Crippen LogP contribution in [0, 0.1) is 0 Å². The quantitative estimate of drug-likeness (QED) is 0.845. The summed E-state index contributed by atoms with van der Waals surface area (Å²) >= 11 is 0. The van der Waals surface area contributed by atoms with Crippen molar-refractivity contribution in [3.8, 4) is 0 Å². The van der Waals surface area contributed by atoms with Crippen molar-refractivity contribution in [3.63, 3.8) is 0 Å². The molecular weight excluding hydrogens is 345 g/mol. The minimum Gasteiger partial charge on any atom is -0.546 e. The largest absolute Gasteiger partial charge is 0.546 e. The number of carbonyl (C=O) groups is 1. The summed E-state index contributed by atoms with van der Waals surface area (Å²) in [6.45, 7) is 0. The monoisotopic (exact) mass is 368 g/mol. The third-order valence-electron chi connectivity index (χ3n) is 5.42. The Bertz CT molecular complexity index is 769. The van der Waals surface area contributed by atoms with Gasteiger partial charge in [0.05, 0.1) is 5.97 Å². The van der Waals surface area contributed by atoms with Crippen LogP contribution in [0.2, 0.25) is 0 Å². The third-order valence-corrected chi connectivity index (χ3v) is 5.42. The van der Waals surface area contributed by atoms with Crippen LogP contribution in [-0.4, -0.2) is 34.8 Å². The third kappa shape index (κ3) is 3.66. The van der Waals surface area contributed by atoms with Crippen LogP contribution in [0.15, 0.2) is 72.8 Å². The number of carboxylic acids is 1. The zero-order valence-electron chi connectivity index (χ0n) is 15.2. The number of aliphatic carboxylic acids is 1. The summed E-state index contributed by atoms with van der Waals surface area (Å²) in [4.78, 5) is 13.2. The van der Waals surface area contributed by atoms with Gasteiger partial charge in [0, 0.05) is 6.04 Å². The molecule has 2 aromatic rings. The molecule has 142 valence electrons. The molecule has 2 aliphatic rings. The molecule has 2 bridgehead atoms. The molecule has 0 radical (unpaired) electrons. The van der Waals surface area contributed by atoms with Crippen molar-refractivity contribution >= 4 is 5.97 Å². The Hall–Kier alpha value is -2.50. The van der Waals surface area contributed by atoms with Gasteiger partial charge in [-0.1, -0.05) is 66.7 Å². The van der Waals surface area contributed by atoms with E-state index < -0.39 is 17.4 Å². The van der Waals surface area contributed by atoms with Crippen molar-refractivity contribution in [2.75, 3.05) is 7.05 Å². The van der Waals surface area contributed by atoms with E-state index in [2.05, 4.69) is 11.0 Å². The lowest BCUT2D eigenvalue weighted by Gasteiger charge is -2.33. The molecule has 0 aromatic heterocycles. The van der Waals surface area contributed by atoms with Crippen molar-refractivity contribution in [2.24, 2.45) is 0 Å². The summed E-state index contributed by atoms with van der Waals surface area (Å²) in [7, 11) is 2.00. The summed E-state index contributed by atoms with van der Waals surface area (Å²) in [6, 6.07) is 16.1. The lowest BCUT2D eigenvalue weighted by Crippen LogP contribution is -2.44. The Labute approximate surface area is 158 Å². The molecule has 4 nitrogen and oxygen atoms in total. The van der Waals surface area contributed by atoms with E-state index in [0.29, 0.717) is 6.04 Å². The summed E-state index contributed by atoms with van der Waals surface area (Å²) < 4.78 is 14.7. The second-order valence-corrected chi connectivity index (χ2v) is 7.00. The number of nitrogens with zero attached hydrogens (tertiary/aromatic N) is 1. The maximum absolute atomic E-state index is 14.7. The number of hydrogen-bond acceptors (Lipinski definition) is 4. The average Bonchev–Trinajstić information content (AvgIpc) is 2.86. The molecule has 0 saturated carbocycles. The zero-order valence-corrected chi connectivity index (χ0v) is 15.2. The number of carbonyl (C=O) groups excluding carboxylic acids is 1. The molecule has 0 aliphatic carbocycles. The number of alkyl halides is 1. The van der Waals surface area contributed by atoms with Gasteiger partial charge in [0.25, 0.3) is 0 Å². The normalized spacial score (nSPS) is 24.2. The highest BCUT2D eigenvalue weighted by atomic mass is 19.1. The van der Waals surface area contributed by atoms with Crippen LogP contribution in [0.25, 0.3) is 0 Å². The van der Waals surface area contributed by atoms with Crippen LogP contribution < -0.4 is 5.11 Å². The Balaban J connectivity index is 0.000000177. The van der Waals surface area contributed by atoms with Crippen molar-refractivity contribution in [1.82, 2.24) is 4.90 Å². The molecule has 2 heterocycles. The van der Waals surface area contributed by atoms with E-state index in [1.54, 1.807) is 36.4 Å². The van der Waals surface area contributed by atoms with Crippen LogP contribution in [0.3, 0.4) is 0 Å². The van der Waals surface area contributed by atoms with Gasteiger partial charge in [-0.25, -0.2) is 4.39 Å². The molecule has 1 N–H and O–H groups in total. The molecular formula is C22H23FNO3-.